The number of rotatable bonds is 2. The first kappa shape index (κ1) is 8.67. The van der Waals surface area contributed by atoms with Crippen LogP contribution in [0.25, 0.3) is 0 Å². The molecule has 2 N–H and O–H groups in total. The molecule has 1 unspecified atom stereocenters. The molecule has 1 aliphatic heterocycles. The van der Waals surface area contributed by atoms with Crippen molar-refractivity contribution in [2.75, 3.05) is 5.32 Å². The summed E-state index contributed by atoms with van der Waals surface area (Å²) in [5.74, 6) is -1.50. The van der Waals surface area contributed by atoms with Gasteiger partial charge in [-0.25, -0.2) is 4.68 Å². The molecule has 14 heavy (non-hydrogen) atoms. The summed E-state index contributed by atoms with van der Waals surface area (Å²) in [5.41, 5.74) is 0. The summed E-state index contributed by atoms with van der Waals surface area (Å²) in [6.45, 7) is 0.271. The van der Waals surface area contributed by atoms with Gasteiger partial charge in [0.1, 0.15) is 6.33 Å². The first-order chi connectivity index (χ1) is 6.66. The maximum absolute atomic E-state index is 11.3. The zero-order chi connectivity index (χ0) is 10.1. The molecular formula is C7H8N4O3. The number of amides is 1. The molecular weight excluding hydrogens is 188 g/mol. The van der Waals surface area contributed by atoms with Gasteiger partial charge in [-0.05, 0) is 0 Å². The largest absolute Gasteiger partial charge is 0.481 e. The van der Waals surface area contributed by atoms with E-state index in [1.165, 1.54) is 11.0 Å². The number of aliphatic carboxylic acids is 1. The van der Waals surface area contributed by atoms with E-state index in [2.05, 4.69) is 15.4 Å². The SMILES string of the molecule is O=C(O)CC1Cn2ncnc2NC1=O. The van der Waals surface area contributed by atoms with Crippen molar-refractivity contribution in [2.24, 2.45) is 5.92 Å². The summed E-state index contributed by atoms with van der Waals surface area (Å²) in [7, 11) is 0. The van der Waals surface area contributed by atoms with Crippen molar-refractivity contribution < 1.29 is 14.7 Å². The lowest BCUT2D eigenvalue weighted by molar-refractivity contribution is -0.140. The Morgan fingerprint density at radius 1 is 1.79 bits per heavy atom. The Morgan fingerprint density at radius 2 is 2.57 bits per heavy atom. The standard InChI is InChI=1S/C7H8N4O3/c12-5(13)1-4-2-11-7(8-3-9-11)10-6(4)14/h3-4H,1-2H2,(H,12,13)(H,8,9,10,14). The van der Waals surface area contributed by atoms with Crippen LogP contribution in [0.5, 0.6) is 0 Å². The number of aromatic nitrogens is 3. The van der Waals surface area contributed by atoms with E-state index in [1.807, 2.05) is 0 Å². The summed E-state index contributed by atoms with van der Waals surface area (Å²) < 4.78 is 1.48. The van der Waals surface area contributed by atoms with Crippen molar-refractivity contribution in [3.05, 3.63) is 6.33 Å². The second-order valence-corrected chi connectivity index (χ2v) is 3.05. The van der Waals surface area contributed by atoms with Gasteiger partial charge in [-0.3, -0.25) is 14.9 Å². The summed E-state index contributed by atoms with van der Waals surface area (Å²) in [6, 6.07) is 0. The number of fused-ring (bicyclic) bond motifs is 1. The van der Waals surface area contributed by atoms with Gasteiger partial charge in [0.2, 0.25) is 11.9 Å². The first-order valence-corrected chi connectivity index (χ1v) is 4.07. The fraction of sp³-hybridized carbons (Fsp3) is 0.429. The van der Waals surface area contributed by atoms with Gasteiger partial charge in [0.05, 0.1) is 18.9 Å². The third-order valence-electron chi connectivity index (χ3n) is 2.04. The van der Waals surface area contributed by atoms with Crippen LogP contribution in [0.1, 0.15) is 6.42 Å². The van der Waals surface area contributed by atoms with Crippen molar-refractivity contribution in [1.29, 1.82) is 0 Å². The Hall–Kier alpha value is -1.92. The lowest BCUT2D eigenvalue weighted by atomic mass is 10.0. The van der Waals surface area contributed by atoms with Crippen LogP contribution in [0.2, 0.25) is 0 Å². The van der Waals surface area contributed by atoms with E-state index < -0.39 is 11.9 Å². The van der Waals surface area contributed by atoms with Crippen molar-refractivity contribution in [3.8, 4) is 0 Å². The van der Waals surface area contributed by atoms with Crippen molar-refractivity contribution in [3.63, 3.8) is 0 Å². The molecule has 1 aromatic heterocycles. The highest BCUT2D eigenvalue weighted by Crippen LogP contribution is 2.17. The Kier molecular flexibility index (Phi) is 1.91. The highest BCUT2D eigenvalue weighted by molar-refractivity contribution is 5.94. The summed E-state index contributed by atoms with van der Waals surface area (Å²) in [5, 5.41) is 14.9. The molecule has 1 aromatic rings. The van der Waals surface area contributed by atoms with Crippen molar-refractivity contribution in [2.45, 2.75) is 13.0 Å². The number of hydrogen-bond donors (Lipinski definition) is 2. The van der Waals surface area contributed by atoms with Crippen LogP contribution in [0.15, 0.2) is 6.33 Å². The third kappa shape index (κ3) is 1.43. The molecule has 1 atom stereocenters. The number of carboxylic acid groups (broad SMARTS) is 1. The average Bonchev–Trinajstić information content (AvgIpc) is 2.51. The Morgan fingerprint density at radius 3 is 3.29 bits per heavy atom. The van der Waals surface area contributed by atoms with E-state index >= 15 is 0 Å². The van der Waals surface area contributed by atoms with Gasteiger partial charge in [-0.15, -0.1) is 0 Å². The highest BCUT2D eigenvalue weighted by atomic mass is 16.4. The molecule has 2 rings (SSSR count). The lowest BCUT2D eigenvalue weighted by Gasteiger charge is -2.20. The Bertz CT molecular complexity index is 386. The quantitative estimate of drug-likeness (QED) is 0.653. The van der Waals surface area contributed by atoms with Gasteiger partial charge in [-0.2, -0.15) is 10.1 Å². The number of anilines is 1. The molecule has 0 aromatic carbocycles. The predicted molar refractivity (Wildman–Crippen MR) is 44.4 cm³/mol. The summed E-state index contributed by atoms with van der Waals surface area (Å²) >= 11 is 0. The van der Waals surface area contributed by atoms with E-state index in [9.17, 15) is 9.59 Å². The number of nitrogens with zero attached hydrogens (tertiary/aromatic N) is 3. The van der Waals surface area contributed by atoms with E-state index in [4.69, 9.17) is 5.11 Å². The maximum atomic E-state index is 11.3. The van der Waals surface area contributed by atoms with Crippen LogP contribution in [0.4, 0.5) is 5.95 Å². The molecule has 0 spiro atoms. The zero-order valence-corrected chi connectivity index (χ0v) is 7.17. The monoisotopic (exact) mass is 196 g/mol. The molecule has 0 aliphatic carbocycles. The van der Waals surface area contributed by atoms with Crippen molar-refractivity contribution >= 4 is 17.8 Å². The minimum Gasteiger partial charge on any atom is -0.481 e. The van der Waals surface area contributed by atoms with Gasteiger partial charge in [0.15, 0.2) is 0 Å². The fourth-order valence-corrected chi connectivity index (χ4v) is 1.37. The topological polar surface area (TPSA) is 97.1 Å². The molecule has 0 saturated carbocycles. The molecule has 74 valence electrons. The van der Waals surface area contributed by atoms with E-state index in [1.54, 1.807) is 0 Å². The third-order valence-corrected chi connectivity index (χ3v) is 2.04. The van der Waals surface area contributed by atoms with E-state index in [-0.39, 0.29) is 18.9 Å². The maximum Gasteiger partial charge on any atom is 0.304 e. The van der Waals surface area contributed by atoms with E-state index in [0.29, 0.717) is 5.95 Å². The zero-order valence-electron chi connectivity index (χ0n) is 7.17. The van der Waals surface area contributed by atoms with Crippen LogP contribution >= 0.6 is 0 Å². The number of carboxylic acids is 1. The van der Waals surface area contributed by atoms with Crippen LogP contribution in [-0.2, 0) is 16.1 Å². The van der Waals surface area contributed by atoms with Gasteiger partial charge >= 0.3 is 5.97 Å². The second-order valence-electron chi connectivity index (χ2n) is 3.05. The van der Waals surface area contributed by atoms with E-state index in [0.717, 1.165) is 0 Å². The Balaban J connectivity index is 2.17. The van der Waals surface area contributed by atoms with Gasteiger partial charge in [0.25, 0.3) is 0 Å². The predicted octanol–water partition coefficient (Wildman–Crippen LogP) is -0.679. The van der Waals surface area contributed by atoms with Crippen LogP contribution < -0.4 is 5.32 Å². The lowest BCUT2D eigenvalue weighted by Crippen LogP contribution is -2.35. The minimum atomic E-state index is -0.992. The summed E-state index contributed by atoms with van der Waals surface area (Å²) in [6.07, 6.45) is 1.13. The minimum absolute atomic E-state index is 0.189. The molecule has 7 heteroatoms. The average molecular weight is 196 g/mol. The number of hydrogen-bond acceptors (Lipinski definition) is 4. The molecule has 0 fully saturated rings. The smallest absolute Gasteiger partial charge is 0.304 e. The second kappa shape index (κ2) is 3.09. The van der Waals surface area contributed by atoms with Crippen molar-refractivity contribution in [1.82, 2.24) is 14.8 Å². The molecule has 0 bridgehead atoms. The van der Waals surface area contributed by atoms with Crippen LogP contribution in [0, 0.1) is 5.92 Å². The molecule has 0 radical (unpaired) electrons. The summed E-state index contributed by atoms with van der Waals surface area (Å²) in [4.78, 5) is 25.6. The van der Waals surface area contributed by atoms with Crippen LogP contribution in [0.3, 0.4) is 0 Å². The normalized spacial score (nSPS) is 20.0. The first-order valence-electron chi connectivity index (χ1n) is 4.07. The van der Waals surface area contributed by atoms with Crippen LogP contribution in [-0.4, -0.2) is 31.7 Å². The molecule has 1 aliphatic rings. The molecule has 1 amide bonds. The molecule has 7 nitrogen and oxygen atoms in total. The number of carbonyl (C=O) groups excluding carboxylic acids is 1. The van der Waals surface area contributed by atoms with Gasteiger partial charge in [-0.1, -0.05) is 0 Å². The Labute approximate surface area is 78.7 Å². The molecule has 0 saturated heterocycles. The van der Waals surface area contributed by atoms with Gasteiger partial charge in [0, 0.05) is 0 Å². The van der Waals surface area contributed by atoms with Gasteiger partial charge < -0.3 is 5.11 Å². The highest BCUT2D eigenvalue weighted by Gasteiger charge is 2.28. The fourth-order valence-electron chi connectivity index (χ4n) is 1.37. The number of carbonyl (C=O) groups is 2. The number of nitrogens with one attached hydrogen (secondary N) is 1. The molecule has 2 heterocycles.